The third kappa shape index (κ3) is 3.21. The lowest BCUT2D eigenvalue weighted by molar-refractivity contribution is -0.146. The maximum absolute atomic E-state index is 14.3. The molecule has 4 aromatic rings. The van der Waals surface area contributed by atoms with Crippen LogP contribution in [0, 0.1) is 0 Å². The molecule has 0 spiro atoms. The second-order valence-electron chi connectivity index (χ2n) is 9.80. The van der Waals surface area contributed by atoms with Crippen LogP contribution in [0.25, 0.3) is 10.9 Å². The van der Waals surface area contributed by atoms with E-state index in [-0.39, 0.29) is 28.6 Å². The van der Waals surface area contributed by atoms with Crippen molar-refractivity contribution in [3.63, 3.8) is 0 Å². The Kier molecular flexibility index (Phi) is 5.35. The minimum absolute atomic E-state index is 0.149. The average Bonchev–Trinajstić information content (AvgIpc) is 3.45. The molecule has 2 amide bonds. The van der Waals surface area contributed by atoms with E-state index in [2.05, 4.69) is 28.1 Å². The number of aromatic amines is 1. The van der Waals surface area contributed by atoms with Crippen LogP contribution in [0.1, 0.15) is 17.5 Å². The Labute approximate surface area is 228 Å². The number of aromatic nitrogens is 1. The Bertz CT molecular complexity index is 1610. The molecule has 190 valence electrons. The monoisotopic (exact) mass is 540 g/mol. The number of para-hydroxylation sites is 3. The van der Waals surface area contributed by atoms with E-state index in [1.54, 1.807) is 7.05 Å². The summed E-state index contributed by atoms with van der Waals surface area (Å²) >= 11 is 2.05. The Morgan fingerprint density at radius 1 is 0.895 bits per heavy atom. The highest BCUT2D eigenvalue weighted by molar-refractivity contribution is 8.39. The van der Waals surface area contributed by atoms with Crippen molar-refractivity contribution in [3.05, 3.63) is 96.2 Å². The summed E-state index contributed by atoms with van der Waals surface area (Å²) in [6.45, 7) is 0. The van der Waals surface area contributed by atoms with Crippen molar-refractivity contribution in [2.45, 2.75) is 23.4 Å². The van der Waals surface area contributed by atoms with Gasteiger partial charge in [-0.25, -0.2) is 0 Å². The molecule has 38 heavy (non-hydrogen) atoms. The van der Waals surface area contributed by atoms with Gasteiger partial charge in [0.15, 0.2) is 5.37 Å². The molecule has 3 aliphatic heterocycles. The first-order valence-electron chi connectivity index (χ1n) is 12.4. The molecule has 2 saturated heterocycles. The molecule has 0 aliphatic carbocycles. The molecule has 7 nitrogen and oxygen atoms in total. The van der Waals surface area contributed by atoms with Crippen molar-refractivity contribution in [1.82, 2.24) is 14.8 Å². The van der Waals surface area contributed by atoms with E-state index in [0.717, 1.165) is 56.9 Å². The van der Waals surface area contributed by atoms with Crippen LogP contribution in [0.5, 0.6) is 0 Å². The molecule has 0 radical (unpaired) electrons. The van der Waals surface area contributed by atoms with Gasteiger partial charge in [-0.05, 0) is 47.2 Å². The number of hydrogen-bond donors (Lipinski definition) is 1. The average molecular weight is 541 g/mol. The number of thioether (sulfide) groups is 2. The van der Waals surface area contributed by atoms with Crippen LogP contribution in [0.15, 0.2) is 85.1 Å². The van der Waals surface area contributed by atoms with Crippen molar-refractivity contribution in [2.75, 3.05) is 17.8 Å². The van der Waals surface area contributed by atoms with Gasteiger partial charge in [0.1, 0.15) is 6.17 Å². The zero-order valence-electron chi connectivity index (χ0n) is 20.5. The highest BCUT2D eigenvalue weighted by Gasteiger charge is 2.60. The second-order valence-corrected chi connectivity index (χ2v) is 12.0. The number of carbonyl (C=O) groups is 3. The van der Waals surface area contributed by atoms with Crippen LogP contribution in [0.2, 0.25) is 0 Å². The van der Waals surface area contributed by atoms with Gasteiger partial charge < -0.3 is 19.7 Å². The second kappa shape index (κ2) is 8.68. The molecular weight excluding hydrogens is 516 g/mol. The van der Waals surface area contributed by atoms with Gasteiger partial charge in [-0.2, -0.15) is 0 Å². The number of fused-ring (bicyclic) bond motifs is 7. The standard InChI is InChI=1S/C29H24N4O3S2/c1-31-24(34)15-29(21-16-30-22-13-7-5-11-19(21)22)20-12-6-8-14-23(20)33(18-9-3-2-4-10-18)27(29)32-17-37-28(36)38-26(31)25(32)35/h2-14,16,26-27,30H,15,17H2,1H3/t26-,27+,29?/m1/s1. The molecule has 0 saturated carbocycles. The highest BCUT2D eigenvalue weighted by Crippen LogP contribution is 2.57. The number of nitrogens with one attached hydrogen (secondary N) is 1. The predicted octanol–water partition coefficient (Wildman–Crippen LogP) is 5.51. The summed E-state index contributed by atoms with van der Waals surface area (Å²) < 4.78 is -0.160. The van der Waals surface area contributed by atoms with Gasteiger partial charge in [-0.1, -0.05) is 66.4 Å². The SMILES string of the molecule is CN1C(=O)CC2(c3c[nH]c4ccccc34)c3ccccc3N(c3ccccc3)[C@@H]2N2CSC(=O)S[C@@H]1C2=O. The normalized spacial score (nSPS) is 25.2. The first-order valence-corrected chi connectivity index (χ1v) is 14.3. The maximum atomic E-state index is 14.3. The number of benzene rings is 3. The fraction of sp³-hybridized carbons (Fsp3) is 0.207. The van der Waals surface area contributed by atoms with Crippen LogP contribution in [-0.4, -0.2) is 55.5 Å². The van der Waals surface area contributed by atoms with Crippen LogP contribution >= 0.6 is 23.5 Å². The lowest BCUT2D eigenvalue weighted by Gasteiger charge is -2.48. The summed E-state index contributed by atoms with van der Waals surface area (Å²) in [6.07, 6.45) is 1.58. The molecule has 1 aromatic heterocycles. The van der Waals surface area contributed by atoms with E-state index >= 15 is 0 Å². The van der Waals surface area contributed by atoms with Crippen LogP contribution < -0.4 is 4.90 Å². The molecule has 9 heteroatoms. The summed E-state index contributed by atoms with van der Waals surface area (Å²) in [5.41, 5.74) is 3.89. The Morgan fingerprint density at radius 3 is 2.47 bits per heavy atom. The number of amides is 2. The van der Waals surface area contributed by atoms with Gasteiger partial charge in [0.05, 0.1) is 11.3 Å². The number of H-pyrrole nitrogens is 1. The van der Waals surface area contributed by atoms with Crippen LogP contribution in [-0.2, 0) is 15.0 Å². The maximum Gasteiger partial charge on any atom is 0.258 e. The van der Waals surface area contributed by atoms with Crippen LogP contribution in [0.4, 0.5) is 16.2 Å². The van der Waals surface area contributed by atoms with Crippen molar-refractivity contribution in [1.29, 1.82) is 0 Å². The first kappa shape index (κ1) is 23.4. The van der Waals surface area contributed by atoms with Gasteiger partial charge in [0, 0.05) is 41.9 Å². The van der Waals surface area contributed by atoms with Gasteiger partial charge >= 0.3 is 0 Å². The van der Waals surface area contributed by atoms with E-state index in [9.17, 15) is 14.4 Å². The fourth-order valence-corrected chi connectivity index (χ4v) is 8.18. The number of anilines is 2. The number of likely N-dealkylation sites (N-methyl/N-ethyl adjacent to an activating group) is 1. The molecule has 4 heterocycles. The predicted molar refractivity (Wildman–Crippen MR) is 151 cm³/mol. The molecule has 7 rings (SSSR count). The molecule has 3 atom stereocenters. The number of carbonyl (C=O) groups excluding carboxylic acids is 3. The summed E-state index contributed by atoms with van der Waals surface area (Å²) in [7, 11) is 1.64. The molecule has 2 bridgehead atoms. The third-order valence-corrected chi connectivity index (χ3v) is 10.1. The lowest BCUT2D eigenvalue weighted by Crippen LogP contribution is -2.63. The molecule has 1 N–H and O–H groups in total. The Balaban J connectivity index is 1.59. The van der Waals surface area contributed by atoms with E-state index in [0.29, 0.717) is 0 Å². The van der Waals surface area contributed by atoms with Crippen LogP contribution in [0.3, 0.4) is 0 Å². The highest BCUT2D eigenvalue weighted by atomic mass is 32.2. The topological polar surface area (TPSA) is 76.7 Å². The molecule has 3 aliphatic rings. The van der Waals surface area contributed by atoms with E-state index < -0.39 is 17.0 Å². The molecule has 2 fully saturated rings. The third-order valence-electron chi connectivity index (χ3n) is 7.93. The Hall–Kier alpha value is -3.69. The summed E-state index contributed by atoms with van der Waals surface area (Å²) in [6, 6.07) is 26.2. The number of nitrogens with zero attached hydrogens (tertiary/aromatic N) is 3. The lowest BCUT2D eigenvalue weighted by atomic mass is 9.70. The number of hydrogen-bond acceptors (Lipinski definition) is 6. The van der Waals surface area contributed by atoms with Crippen molar-refractivity contribution < 1.29 is 14.4 Å². The smallest absolute Gasteiger partial charge is 0.258 e. The minimum atomic E-state index is -0.896. The van der Waals surface area contributed by atoms with E-state index in [4.69, 9.17) is 0 Å². The summed E-state index contributed by atoms with van der Waals surface area (Å²) in [5.74, 6) is -0.197. The zero-order chi connectivity index (χ0) is 26.0. The van der Waals surface area contributed by atoms with Gasteiger partial charge in [-0.3, -0.25) is 14.4 Å². The van der Waals surface area contributed by atoms with Crippen molar-refractivity contribution in [2.24, 2.45) is 0 Å². The van der Waals surface area contributed by atoms with Crippen molar-refractivity contribution in [3.8, 4) is 0 Å². The van der Waals surface area contributed by atoms with E-state index in [1.165, 1.54) is 4.90 Å². The number of rotatable bonds is 2. The molecule has 3 aromatic carbocycles. The van der Waals surface area contributed by atoms with Gasteiger partial charge in [-0.15, -0.1) is 0 Å². The quantitative estimate of drug-likeness (QED) is 0.362. The molecular formula is C29H24N4O3S2. The zero-order valence-corrected chi connectivity index (χ0v) is 22.2. The fourth-order valence-electron chi connectivity index (χ4n) is 6.27. The summed E-state index contributed by atoms with van der Waals surface area (Å²) in [4.78, 5) is 50.0. The van der Waals surface area contributed by atoms with Gasteiger partial charge in [0.2, 0.25) is 10.4 Å². The Morgan fingerprint density at radius 2 is 1.63 bits per heavy atom. The van der Waals surface area contributed by atoms with Crippen molar-refractivity contribution >= 4 is 62.1 Å². The minimum Gasteiger partial charge on any atom is -0.361 e. The molecule has 1 unspecified atom stereocenters. The first-order chi connectivity index (χ1) is 18.5. The van der Waals surface area contributed by atoms with E-state index in [1.807, 2.05) is 71.8 Å². The summed E-state index contributed by atoms with van der Waals surface area (Å²) in [5, 5.41) is 0.113. The largest absolute Gasteiger partial charge is 0.361 e. The van der Waals surface area contributed by atoms with Gasteiger partial charge in [0.25, 0.3) is 5.91 Å².